The fourth-order valence-electron chi connectivity index (χ4n) is 1.67. The van der Waals surface area contributed by atoms with Crippen LogP contribution >= 0.6 is 0 Å². The number of pyridine rings is 1. The van der Waals surface area contributed by atoms with Crippen LogP contribution in [0, 0.1) is 0 Å². The highest BCUT2D eigenvalue weighted by molar-refractivity contribution is 5.72. The zero-order valence-corrected chi connectivity index (χ0v) is 10.1. The van der Waals surface area contributed by atoms with E-state index in [1.807, 2.05) is 12.1 Å². The van der Waals surface area contributed by atoms with Crippen LogP contribution in [0.3, 0.4) is 0 Å². The molecule has 19 heavy (non-hydrogen) atoms. The van der Waals surface area contributed by atoms with Crippen LogP contribution in [0.4, 0.5) is 0 Å². The first-order valence-corrected chi connectivity index (χ1v) is 5.72. The first-order chi connectivity index (χ1) is 9.33. The van der Waals surface area contributed by atoms with Gasteiger partial charge < -0.3 is 4.74 Å². The predicted octanol–water partition coefficient (Wildman–Crippen LogP) is 0.830. The Bertz CT molecular complexity index is 780. The minimum Gasteiger partial charge on any atom is -0.437 e. The summed E-state index contributed by atoms with van der Waals surface area (Å²) in [5, 5.41) is 0.692. The van der Waals surface area contributed by atoms with Gasteiger partial charge in [0.25, 0.3) is 0 Å². The van der Waals surface area contributed by atoms with E-state index in [1.165, 1.54) is 0 Å². The molecule has 5 heteroatoms. The molecule has 0 aliphatic carbocycles. The fraction of sp³-hybridized carbons (Fsp3) is 0.0714. The topological polar surface area (TPSA) is 59.2 Å². The van der Waals surface area contributed by atoms with Crippen molar-refractivity contribution < 1.29 is 4.74 Å². The standard InChI is InChI=1S/C14H10N4O/c1-10-18-14-11(5-4-8-16-14)17-9-12-13(19-10)6-2-3-7-15-12/h3-8H,1,9H2. The van der Waals surface area contributed by atoms with E-state index in [4.69, 9.17) is 4.74 Å². The van der Waals surface area contributed by atoms with Gasteiger partial charge in [-0.2, -0.15) is 4.99 Å². The summed E-state index contributed by atoms with van der Waals surface area (Å²) >= 11 is 0. The summed E-state index contributed by atoms with van der Waals surface area (Å²) in [6, 6.07) is 3.66. The van der Waals surface area contributed by atoms with Crippen LogP contribution in [0.2, 0.25) is 0 Å². The van der Waals surface area contributed by atoms with Crippen LogP contribution in [0.1, 0.15) is 0 Å². The number of hydrogen-bond donors (Lipinski definition) is 0. The quantitative estimate of drug-likeness (QED) is 0.640. The number of nitrogens with zero attached hydrogens (tertiary/aromatic N) is 4. The van der Waals surface area contributed by atoms with Gasteiger partial charge in [0.1, 0.15) is 11.1 Å². The Morgan fingerprint density at radius 3 is 3.26 bits per heavy atom. The Kier molecular flexibility index (Phi) is 2.88. The molecule has 2 aliphatic heterocycles. The van der Waals surface area contributed by atoms with Gasteiger partial charge in [0.15, 0.2) is 11.2 Å². The largest absolute Gasteiger partial charge is 0.437 e. The van der Waals surface area contributed by atoms with Crippen LogP contribution in [-0.2, 0) is 4.74 Å². The van der Waals surface area contributed by atoms with Gasteiger partial charge in [-0.15, -0.1) is 5.73 Å². The minimum atomic E-state index is 0.250. The molecule has 3 rings (SSSR count). The Morgan fingerprint density at radius 2 is 2.32 bits per heavy atom. The van der Waals surface area contributed by atoms with Crippen molar-refractivity contribution in [2.75, 3.05) is 6.54 Å². The number of aromatic nitrogens is 1. The highest BCUT2D eigenvalue weighted by Crippen LogP contribution is 2.15. The molecule has 0 atom stereocenters. The Labute approximate surface area is 109 Å². The van der Waals surface area contributed by atoms with Crippen molar-refractivity contribution in [1.82, 2.24) is 4.98 Å². The second kappa shape index (κ2) is 4.84. The summed E-state index contributed by atoms with van der Waals surface area (Å²) in [4.78, 5) is 17.1. The highest BCUT2D eigenvalue weighted by Gasteiger charge is 2.09. The average Bonchev–Trinajstić information content (AvgIpc) is 2.59. The molecular formula is C14H10N4O. The molecule has 0 amide bonds. The van der Waals surface area contributed by atoms with Crippen molar-refractivity contribution in [3.8, 4) is 0 Å². The number of fused-ring (bicyclic) bond motifs is 1. The molecule has 1 aromatic rings. The molecule has 0 aromatic carbocycles. The van der Waals surface area contributed by atoms with Crippen molar-refractivity contribution in [1.29, 1.82) is 0 Å². The van der Waals surface area contributed by atoms with E-state index in [9.17, 15) is 0 Å². The van der Waals surface area contributed by atoms with Crippen LogP contribution in [0.5, 0.6) is 0 Å². The summed E-state index contributed by atoms with van der Waals surface area (Å²) in [5.74, 6) is 0.801. The molecule has 5 nitrogen and oxygen atoms in total. The molecule has 1 aromatic heterocycles. The first kappa shape index (κ1) is 11.3. The third kappa shape index (κ3) is 2.41. The molecule has 3 heterocycles. The molecule has 0 spiro atoms. The van der Waals surface area contributed by atoms with Crippen molar-refractivity contribution in [2.45, 2.75) is 0 Å². The Hall–Kier alpha value is -2.78. The molecule has 92 valence electrons. The lowest BCUT2D eigenvalue weighted by molar-refractivity contribution is 0.311. The molecule has 0 saturated carbocycles. The molecule has 0 bridgehead atoms. The van der Waals surface area contributed by atoms with Gasteiger partial charge in [-0.25, -0.2) is 4.98 Å². The molecular weight excluding hydrogens is 240 g/mol. The number of allylic oxidation sites excluding steroid dienone is 1. The first-order valence-electron chi connectivity index (χ1n) is 5.72. The normalized spacial score (nSPS) is 16.9. The van der Waals surface area contributed by atoms with E-state index in [0.29, 0.717) is 28.8 Å². The lowest BCUT2D eigenvalue weighted by Gasteiger charge is -2.06. The minimum absolute atomic E-state index is 0.250. The zero-order chi connectivity index (χ0) is 13.1. The maximum atomic E-state index is 5.58. The molecule has 0 saturated heterocycles. The number of hydrogen-bond acceptors (Lipinski definition) is 5. The van der Waals surface area contributed by atoms with Gasteiger partial charge in [-0.05, 0) is 24.8 Å². The van der Waals surface area contributed by atoms with Crippen molar-refractivity contribution in [2.24, 2.45) is 15.0 Å². The van der Waals surface area contributed by atoms with Crippen LogP contribution in [0.15, 0.2) is 75.1 Å². The van der Waals surface area contributed by atoms with Crippen molar-refractivity contribution >= 4 is 6.21 Å². The lowest BCUT2D eigenvalue weighted by atomic mass is 10.3. The third-order valence-corrected chi connectivity index (χ3v) is 2.52. The van der Waals surface area contributed by atoms with E-state index in [0.717, 1.165) is 0 Å². The molecule has 0 fully saturated rings. The van der Waals surface area contributed by atoms with E-state index < -0.39 is 0 Å². The summed E-state index contributed by atoms with van der Waals surface area (Å²) in [6.07, 6.45) is 6.71. The highest BCUT2D eigenvalue weighted by atomic mass is 16.5. The van der Waals surface area contributed by atoms with Gasteiger partial charge in [-0.3, -0.25) is 9.98 Å². The smallest absolute Gasteiger partial charge is 0.214 e. The van der Waals surface area contributed by atoms with E-state index in [1.54, 1.807) is 24.6 Å². The van der Waals surface area contributed by atoms with E-state index >= 15 is 0 Å². The summed E-state index contributed by atoms with van der Waals surface area (Å²) < 4.78 is 5.58. The van der Waals surface area contributed by atoms with Gasteiger partial charge in [-0.1, -0.05) is 0 Å². The van der Waals surface area contributed by atoms with Gasteiger partial charge in [0.05, 0.1) is 6.54 Å². The molecule has 0 N–H and O–H groups in total. The Morgan fingerprint density at radius 1 is 1.37 bits per heavy atom. The van der Waals surface area contributed by atoms with Crippen molar-refractivity contribution in [3.05, 3.63) is 71.0 Å². The van der Waals surface area contributed by atoms with Gasteiger partial charge in [0.2, 0.25) is 5.88 Å². The summed E-state index contributed by atoms with van der Waals surface area (Å²) in [7, 11) is 0. The number of rotatable bonds is 0. The van der Waals surface area contributed by atoms with Crippen LogP contribution in [0.25, 0.3) is 0 Å². The number of aliphatic imine (C=N–C) groups is 1. The second-order valence-electron chi connectivity index (χ2n) is 3.84. The van der Waals surface area contributed by atoms with E-state index in [-0.39, 0.29) is 5.88 Å². The fourth-order valence-corrected chi connectivity index (χ4v) is 1.67. The molecule has 2 aliphatic rings. The lowest BCUT2D eigenvalue weighted by Crippen LogP contribution is -2.28. The second-order valence-corrected chi connectivity index (χ2v) is 3.84. The van der Waals surface area contributed by atoms with Gasteiger partial charge >= 0.3 is 0 Å². The summed E-state index contributed by atoms with van der Waals surface area (Å²) in [5.41, 5.74) is 4.13. The van der Waals surface area contributed by atoms with E-state index in [2.05, 4.69) is 32.3 Å². The maximum Gasteiger partial charge on any atom is 0.214 e. The van der Waals surface area contributed by atoms with Gasteiger partial charge in [0, 0.05) is 18.5 Å². The predicted molar refractivity (Wildman–Crippen MR) is 69.8 cm³/mol. The summed E-state index contributed by atoms with van der Waals surface area (Å²) in [6.45, 7) is 4.15. The van der Waals surface area contributed by atoms with Crippen molar-refractivity contribution in [3.63, 3.8) is 0 Å². The molecule has 0 unspecified atom stereocenters. The SMILES string of the molecule is C=C1N=c2ncccc2=NCC2=C(C=C=CC=N2)O1. The maximum absolute atomic E-state index is 5.58. The zero-order valence-electron chi connectivity index (χ0n) is 10.1. The average molecular weight is 250 g/mol. The number of ether oxygens (including phenoxy) is 1. The monoisotopic (exact) mass is 250 g/mol. The Balaban J connectivity index is 2.18. The van der Waals surface area contributed by atoms with Crippen LogP contribution in [-0.4, -0.2) is 17.7 Å². The molecule has 0 radical (unpaired) electrons. The third-order valence-electron chi connectivity index (χ3n) is 2.52. The van der Waals surface area contributed by atoms with Crippen LogP contribution < -0.4 is 10.8 Å².